The number of rotatable bonds is 2. The van der Waals surface area contributed by atoms with E-state index in [1.165, 1.54) is 29.8 Å². The Morgan fingerprint density at radius 1 is 0.962 bits per heavy atom. The molecule has 0 radical (unpaired) electrons. The largest absolute Gasteiger partial charge is 0.437 e. The third-order valence-electron chi connectivity index (χ3n) is 4.03. The molecule has 124 valence electrons. The van der Waals surface area contributed by atoms with Gasteiger partial charge in [0, 0.05) is 24.0 Å². The number of hydrogen-bond donors (Lipinski definition) is 0. The molecule has 3 heterocycles. The number of ketones is 2. The molecule has 0 unspecified atom stereocenters. The molecule has 0 fully saturated rings. The van der Waals surface area contributed by atoms with Crippen LogP contribution in [0.15, 0.2) is 58.8 Å². The lowest BCUT2D eigenvalue weighted by molar-refractivity contribution is 0.0987. The quantitative estimate of drug-likeness (QED) is 0.400. The van der Waals surface area contributed by atoms with Crippen LogP contribution in [0.3, 0.4) is 0 Å². The first-order valence-electron chi connectivity index (χ1n) is 7.78. The first-order chi connectivity index (χ1) is 12.7. The second-order valence-corrected chi connectivity index (χ2v) is 6.70. The van der Waals surface area contributed by atoms with Gasteiger partial charge in [0.1, 0.15) is 22.2 Å². The summed E-state index contributed by atoms with van der Waals surface area (Å²) in [4.78, 5) is 37.1. The molecule has 1 aliphatic rings. The number of furan rings is 1. The molecule has 0 saturated carbocycles. The zero-order chi connectivity index (χ0) is 17.7. The van der Waals surface area contributed by atoms with E-state index in [2.05, 4.69) is 15.0 Å². The Hall–Kier alpha value is -3.45. The maximum absolute atomic E-state index is 12.4. The fourth-order valence-corrected chi connectivity index (χ4v) is 3.77. The molecule has 0 N–H and O–H groups in total. The lowest BCUT2D eigenvalue weighted by Gasteiger charge is -1.93. The van der Waals surface area contributed by atoms with Crippen molar-refractivity contribution in [3.63, 3.8) is 0 Å². The van der Waals surface area contributed by atoms with E-state index in [0.717, 1.165) is 15.3 Å². The van der Waals surface area contributed by atoms with Gasteiger partial charge in [0.2, 0.25) is 17.3 Å². The Balaban J connectivity index is 1.53. The van der Waals surface area contributed by atoms with Gasteiger partial charge in [-0.2, -0.15) is 0 Å². The monoisotopic (exact) mass is 359 g/mol. The van der Waals surface area contributed by atoms with Gasteiger partial charge >= 0.3 is 0 Å². The first-order valence-corrected chi connectivity index (χ1v) is 8.60. The van der Waals surface area contributed by atoms with Crippen LogP contribution in [0.25, 0.3) is 27.1 Å². The normalized spacial score (nSPS) is 13.5. The molecule has 0 bridgehead atoms. The molecule has 0 spiro atoms. The number of Topliss-reactive ketones (excluding diaryl/α,β-unsaturated/α-hetero) is 2. The third-order valence-corrected chi connectivity index (χ3v) is 5.07. The zero-order valence-electron chi connectivity index (χ0n) is 13.2. The maximum atomic E-state index is 12.4. The Bertz CT molecular complexity index is 1150. The lowest BCUT2D eigenvalue weighted by Crippen LogP contribution is -2.00. The highest BCUT2D eigenvalue weighted by Crippen LogP contribution is 2.33. The second-order valence-electron chi connectivity index (χ2n) is 5.67. The summed E-state index contributed by atoms with van der Waals surface area (Å²) >= 11 is 1.49. The topological polar surface area (TPSA) is 86.0 Å². The average Bonchev–Trinajstić information content (AvgIpc) is 3.30. The minimum atomic E-state index is -0.434. The Labute approximate surface area is 150 Å². The molecule has 0 saturated heterocycles. The van der Waals surface area contributed by atoms with Crippen molar-refractivity contribution in [2.24, 2.45) is 0 Å². The summed E-state index contributed by atoms with van der Waals surface area (Å²) in [6.07, 6.45) is 4.22. The number of thiazole rings is 1. The van der Waals surface area contributed by atoms with Crippen molar-refractivity contribution >= 4 is 39.4 Å². The number of hydrogen-bond acceptors (Lipinski definition) is 7. The number of carbonyl (C=O) groups excluding carboxylic acids is 2. The molecule has 0 amide bonds. The van der Waals surface area contributed by atoms with Crippen LogP contribution in [-0.4, -0.2) is 26.5 Å². The van der Waals surface area contributed by atoms with Crippen LogP contribution >= 0.6 is 11.3 Å². The van der Waals surface area contributed by atoms with Crippen molar-refractivity contribution in [1.82, 2.24) is 15.0 Å². The molecule has 0 aliphatic heterocycles. The minimum absolute atomic E-state index is 0.0101. The maximum Gasteiger partial charge on any atom is 0.238 e. The highest BCUT2D eigenvalue weighted by molar-refractivity contribution is 7.21. The van der Waals surface area contributed by atoms with E-state index in [4.69, 9.17) is 4.42 Å². The van der Waals surface area contributed by atoms with E-state index < -0.39 is 11.6 Å². The Morgan fingerprint density at radius 3 is 2.31 bits per heavy atom. The summed E-state index contributed by atoms with van der Waals surface area (Å²) in [5, 5.41) is 0.854. The smallest absolute Gasteiger partial charge is 0.238 e. The molecule has 0 atom stereocenters. The van der Waals surface area contributed by atoms with Crippen LogP contribution < -0.4 is 0 Å². The summed E-state index contributed by atoms with van der Waals surface area (Å²) < 4.78 is 6.55. The van der Waals surface area contributed by atoms with Gasteiger partial charge in [-0.3, -0.25) is 9.59 Å². The molecular weight excluding hydrogens is 350 g/mol. The van der Waals surface area contributed by atoms with Gasteiger partial charge in [-0.1, -0.05) is 30.3 Å². The fourth-order valence-electron chi connectivity index (χ4n) is 2.83. The van der Waals surface area contributed by atoms with Crippen molar-refractivity contribution in [2.75, 3.05) is 0 Å². The van der Waals surface area contributed by atoms with Crippen LogP contribution in [0, 0.1) is 0 Å². The number of allylic oxidation sites excluding steroid dienone is 1. The van der Waals surface area contributed by atoms with Gasteiger partial charge < -0.3 is 4.42 Å². The standard InChI is InChI=1S/C19H9N3O3S/c23-16-12(17(24)15-14(16)20-6-7-21-15)8-11-9-13-18(25-11)22-19(26-13)10-4-2-1-3-5-10/h1-9H. The van der Waals surface area contributed by atoms with E-state index in [1.807, 2.05) is 30.3 Å². The molecular formula is C19H9N3O3S. The highest BCUT2D eigenvalue weighted by Gasteiger charge is 2.36. The van der Waals surface area contributed by atoms with Gasteiger partial charge in [0.15, 0.2) is 0 Å². The van der Waals surface area contributed by atoms with Crippen LogP contribution in [0.2, 0.25) is 0 Å². The van der Waals surface area contributed by atoms with Crippen LogP contribution in [-0.2, 0) is 0 Å². The highest BCUT2D eigenvalue weighted by atomic mass is 32.1. The molecule has 4 aromatic rings. The van der Waals surface area contributed by atoms with Gasteiger partial charge in [-0.25, -0.2) is 15.0 Å². The third kappa shape index (κ3) is 2.21. The molecule has 6 nitrogen and oxygen atoms in total. The van der Waals surface area contributed by atoms with E-state index in [1.54, 1.807) is 6.07 Å². The fraction of sp³-hybridized carbons (Fsp3) is 0. The van der Waals surface area contributed by atoms with Crippen molar-refractivity contribution < 1.29 is 14.0 Å². The van der Waals surface area contributed by atoms with E-state index >= 15 is 0 Å². The first kappa shape index (κ1) is 14.9. The summed E-state index contributed by atoms with van der Waals surface area (Å²) in [5.74, 6) is -0.463. The SMILES string of the molecule is O=C1C(=Cc2cc3sc(-c4ccccc4)nc3o2)C(=O)c2nccnc21. The van der Waals surface area contributed by atoms with E-state index in [9.17, 15) is 9.59 Å². The van der Waals surface area contributed by atoms with E-state index in [-0.39, 0.29) is 17.0 Å². The molecule has 1 aromatic carbocycles. The predicted molar refractivity (Wildman–Crippen MR) is 96.0 cm³/mol. The number of carbonyl (C=O) groups is 2. The number of nitrogens with zero attached hydrogens (tertiary/aromatic N) is 3. The van der Waals surface area contributed by atoms with Crippen molar-refractivity contribution in [3.8, 4) is 10.6 Å². The predicted octanol–water partition coefficient (Wildman–Crippen LogP) is 3.81. The van der Waals surface area contributed by atoms with E-state index in [0.29, 0.717) is 11.5 Å². The molecule has 1 aliphatic carbocycles. The lowest BCUT2D eigenvalue weighted by atomic mass is 10.1. The number of aromatic nitrogens is 3. The van der Waals surface area contributed by atoms with Crippen LogP contribution in [0.5, 0.6) is 0 Å². The summed E-state index contributed by atoms with van der Waals surface area (Å²) in [6, 6.07) is 11.6. The number of benzene rings is 1. The number of fused-ring (bicyclic) bond motifs is 2. The molecule has 3 aromatic heterocycles. The molecule has 7 heteroatoms. The van der Waals surface area contributed by atoms with Gasteiger partial charge in [-0.05, 0) is 6.08 Å². The van der Waals surface area contributed by atoms with Crippen molar-refractivity contribution in [3.05, 3.63) is 71.5 Å². The zero-order valence-corrected chi connectivity index (χ0v) is 14.0. The Morgan fingerprint density at radius 2 is 1.65 bits per heavy atom. The van der Waals surface area contributed by atoms with Crippen LogP contribution in [0.4, 0.5) is 0 Å². The summed E-state index contributed by atoms with van der Waals surface area (Å²) in [5.41, 5.74) is 1.67. The summed E-state index contributed by atoms with van der Waals surface area (Å²) in [6.45, 7) is 0. The van der Waals surface area contributed by atoms with Gasteiger partial charge in [-0.15, -0.1) is 11.3 Å². The second kappa shape index (κ2) is 5.53. The van der Waals surface area contributed by atoms with Crippen LogP contribution in [0.1, 0.15) is 26.7 Å². The summed E-state index contributed by atoms with van der Waals surface area (Å²) in [7, 11) is 0. The Kier molecular flexibility index (Phi) is 3.16. The molecule has 5 rings (SSSR count). The van der Waals surface area contributed by atoms with Crippen molar-refractivity contribution in [2.45, 2.75) is 0 Å². The van der Waals surface area contributed by atoms with Crippen molar-refractivity contribution in [1.29, 1.82) is 0 Å². The van der Waals surface area contributed by atoms with Gasteiger partial charge in [0.05, 0.1) is 10.3 Å². The molecule has 26 heavy (non-hydrogen) atoms. The minimum Gasteiger partial charge on any atom is -0.437 e. The van der Waals surface area contributed by atoms with Gasteiger partial charge in [0.25, 0.3) is 0 Å². The average molecular weight is 359 g/mol.